The molecule has 8 heteroatoms. The zero-order valence-electron chi connectivity index (χ0n) is 10.1. The molecule has 0 fully saturated rings. The summed E-state index contributed by atoms with van der Waals surface area (Å²) in [6, 6.07) is -0.0837. The zero-order valence-corrected chi connectivity index (χ0v) is 10.1. The normalized spacial score (nSPS) is 12.1. The Morgan fingerprint density at radius 3 is 3.00 bits per heavy atom. The standard InChI is InChI=1S/C10H16N4O4/c1-8(3-5-15)12-10(16)2-4-13-6-9(11-7-13)14(17)18/h6-8,15H,2-5H2,1H3,(H,12,16). The number of aromatic nitrogens is 2. The molecule has 0 saturated carbocycles. The first kappa shape index (κ1) is 14.1. The Bertz CT molecular complexity index is 418. The van der Waals surface area contributed by atoms with Crippen LogP contribution >= 0.6 is 0 Å². The van der Waals surface area contributed by atoms with E-state index in [0.717, 1.165) is 0 Å². The minimum absolute atomic E-state index is 0.0230. The second-order valence-corrected chi connectivity index (χ2v) is 3.96. The fraction of sp³-hybridized carbons (Fsp3) is 0.600. The van der Waals surface area contributed by atoms with Gasteiger partial charge in [-0.1, -0.05) is 0 Å². The maximum Gasteiger partial charge on any atom is 0.381 e. The zero-order chi connectivity index (χ0) is 13.5. The third-order valence-corrected chi connectivity index (χ3v) is 2.37. The lowest BCUT2D eigenvalue weighted by Gasteiger charge is -2.12. The third-order valence-electron chi connectivity index (χ3n) is 2.37. The minimum atomic E-state index is -0.583. The lowest BCUT2D eigenvalue weighted by Crippen LogP contribution is -2.33. The van der Waals surface area contributed by atoms with Crippen LogP contribution in [0.4, 0.5) is 5.82 Å². The Balaban J connectivity index is 2.35. The summed E-state index contributed by atoms with van der Waals surface area (Å²) in [5, 5.41) is 21.8. The molecule has 0 aliphatic carbocycles. The van der Waals surface area contributed by atoms with Gasteiger partial charge < -0.3 is 25.1 Å². The molecule has 0 saturated heterocycles. The van der Waals surface area contributed by atoms with Gasteiger partial charge in [-0.05, 0) is 23.3 Å². The molecule has 1 rings (SSSR count). The van der Waals surface area contributed by atoms with Crippen LogP contribution in [-0.4, -0.2) is 38.1 Å². The second-order valence-electron chi connectivity index (χ2n) is 3.96. The predicted octanol–water partition coefficient (Wildman–Crippen LogP) is 0.0685. The Kier molecular flexibility index (Phi) is 5.25. The maximum atomic E-state index is 11.5. The molecule has 1 unspecified atom stereocenters. The SMILES string of the molecule is CC(CCO)NC(=O)CCn1cnc([N+](=O)[O-])c1. The van der Waals surface area contributed by atoms with Crippen molar-refractivity contribution in [3.63, 3.8) is 0 Å². The summed E-state index contributed by atoms with van der Waals surface area (Å²) < 4.78 is 1.49. The molecule has 100 valence electrons. The van der Waals surface area contributed by atoms with E-state index in [0.29, 0.717) is 13.0 Å². The topological polar surface area (TPSA) is 110 Å². The number of carbonyl (C=O) groups excluding carboxylic acids is 1. The molecule has 0 aliphatic rings. The number of nitrogens with zero attached hydrogens (tertiary/aromatic N) is 3. The van der Waals surface area contributed by atoms with Gasteiger partial charge in [-0.25, -0.2) is 0 Å². The van der Waals surface area contributed by atoms with Gasteiger partial charge in [0.05, 0.1) is 0 Å². The number of nitro groups is 1. The van der Waals surface area contributed by atoms with Gasteiger partial charge in [-0.15, -0.1) is 0 Å². The molecule has 2 N–H and O–H groups in total. The smallest absolute Gasteiger partial charge is 0.381 e. The molecule has 1 heterocycles. The van der Waals surface area contributed by atoms with Crippen molar-refractivity contribution in [2.24, 2.45) is 0 Å². The van der Waals surface area contributed by atoms with Crippen molar-refractivity contribution in [3.8, 4) is 0 Å². The van der Waals surface area contributed by atoms with Crippen LogP contribution in [0.3, 0.4) is 0 Å². The van der Waals surface area contributed by atoms with Crippen LogP contribution in [0.25, 0.3) is 0 Å². The van der Waals surface area contributed by atoms with Crippen LogP contribution in [0.2, 0.25) is 0 Å². The van der Waals surface area contributed by atoms with Crippen molar-refractivity contribution in [2.75, 3.05) is 6.61 Å². The van der Waals surface area contributed by atoms with Gasteiger partial charge in [0.1, 0.15) is 6.20 Å². The number of aliphatic hydroxyl groups is 1. The quantitative estimate of drug-likeness (QED) is 0.529. The third kappa shape index (κ3) is 4.50. The number of aliphatic hydroxyl groups excluding tert-OH is 1. The summed E-state index contributed by atoms with van der Waals surface area (Å²) >= 11 is 0. The van der Waals surface area contributed by atoms with E-state index in [1.165, 1.54) is 17.1 Å². The van der Waals surface area contributed by atoms with Gasteiger partial charge >= 0.3 is 5.82 Å². The first-order valence-electron chi connectivity index (χ1n) is 5.59. The van der Waals surface area contributed by atoms with E-state index >= 15 is 0 Å². The van der Waals surface area contributed by atoms with Gasteiger partial charge in [0.25, 0.3) is 0 Å². The predicted molar refractivity (Wildman–Crippen MR) is 62.8 cm³/mol. The van der Waals surface area contributed by atoms with Crippen LogP contribution in [0.5, 0.6) is 0 Å². The van der Waals surface area contributed by atoms with E-state index in [4.69, 9.17) is 5.11 Å². The number of aryl methyl sites for hydroxylation is 1. The number of rotatable bonds is 7. The van der Waals surface area contributed by atoms with E-state index in [1.807, 2.05) is 0 Å². The van der Waals surface area contributed by atoms with Crippen molar-refractivity contribution in [3.05, 3.63) is 22.6 Å². The Morgan fingerprint density at radius 2 is 2.44 bits per heavy atom. The molecule has 1 atom stereocenters. The summed E-state index contributed by atoms with van der Waals surface area (Å²) in [7, 11) is 0. The van der Waals surface area contributed by atoms with Crippen molar-refractivity contribution in [1.82, 2.24) is 14.9 Å². The summed E-state index contributed by atoms with van der Waals surface area (Å²) in [6.07, 6.45) is 3.32. The van der Waals surface area contributed by atoms with E-state index in [-0.39, 0.29) is 30.8 Å². The van der Waals surface area contributed by atoms with E-state index in [9.17, 15) is 14.9 Å². The first-order chi connectivity index (χ1) is 8.52. The van der Waals surface area contributed by atoms with Gasteiger partial charge in [-0.2, -0.15) is 0 Å². The maximum absolute atomic E-state index is 11.5. The lowest BCUT2D eigenvalue weighted by atomic mass is 10.2. The van der Waals surface area contributed by atoms with Crippen LogP contribution < -0.4 is 5.32 Å². The van der Waals surface area contributed by atoms with Crippen molar-refractivity contribution < 1.29 is 14.8 Å². The van der Waals surface area contributed by atoms with Crippen LogP contribution in [0.1, 0.15) is 19.8 Å². The Morgan fingerprint density at radius 1 is 1.72 bits per heavy atom. The summed E-state index contributed by atoms with van der Waals surface area (Å²) in [6.45, 7) is 2.16. The highest BCUT2D eigenvalue weighted by Crippen LogP contribution is 2.06. The average molecular weight is 256 g/mol. The second kappa shape index (κ2) is 6.70. The van der Waals surface area contributed by atoms with Crippen molar-refractivity contribution in [2.45, 2.75) is 32.4 Å². The number of carbonyl (C=O) groups is 1. The van der Waals surface area contributed by atoms with Crippen molar-refractivity contribution in [1.29, 1.82) is 0 Å². The molecule has 1 amide bonds. The summed E-state index contributed by atoms with van der Waals surface area (Å²) in [4.78, 5) is 24.9. The molecule has 1 aromatic heterocycles. The molecule has 8 nitrogen and oxygen atoms in total. The van der Waals surface area contributed by atoms with Gasteiger partial charge in [0, 0.05) is 25.6 Å². The van der Waals surface area contributed by atoms with Crippen LogP contribution in [0.15, 0.2) is 12.5 Å². The fourth-order valence-corrected chi connectivity index (χ4v) is 1.41. The average Bonchev–Trinajstić information content (AvgIpc) is 2.75. The molecule has 0 aliphatic heterocycles. The number of imidazole rings is 1. The molecule has 0 bridgehead atoms. The highest BCUT2D eigenvalue weighted by molar-refractivity contribution is 5.76. The molecule has 0 aromatic carbocycles. The number of nitrogens with one attached hydrogen (secondary N) is 1. The summed E-state index contributed by atoms with van der Waals surface area (Å²) in [5.41, 5.74) is 0. The molecule has 0 radical (unpaired) electrons. The van der Waals surface area contributed by atoms with Crippen molar-refractivity contribution >= 4 is 11.7 Å². The van der Waals surface area contributed by atoms with Gasteiger partial charge in [0.15, 0.2) is 0 Å². The number of amides is 1. The Hall–Kier alpha value is -1.96. The van der Waals surface area contributed by atoms with Crippen LogP contribution in [-0.2, 0) is 11.3 Å². The van der Waals surface area contributed by atoms with E-state index < -0.39 is 4.92 Å². The number of hydrogen-bond donors (Lipinski definition) is 2. The number of hydrogen-bond acceptors (Lipinski definition) is 5. The lowest BCUT2D eigenvalue weighted by molar-refractivity contribution is -0.389. The molecular formula is C10H16N4O4. The van der Waals surface area contributed by atoms with E-state index in [1.54, 1.807) is 6.92 Å². The molecular weight excluding hydrogens is 240 g/mol. The Labute approximate surface area is 104 Å². The van der Waals surface area contributed by atoms with E-state index in [2.05, 4.69) is 10.3 Å². The molecule has 18 heavy (non-hydrogen) atoms. The van der Waals surface area contributed by atoms with Gasteiger partial charge in [-0.3, -0.25) is 4.79 Å². The highest BCUT2D eigenvalue weighted by Gasteiger charge is 2.11. The van der Waals surface area contributed by atoms with Crippen LogP contribution in [0, 0.1) is 10.1 Å². The monoisotopic (exact) mass is 256 g/mol. The largest absolute Gasteiger partial charge is 0.396 e. The molecule has 1 aromatic rings. The minimum Gasteiger partial charge on any atom is -0.396 e. The fourth-order valence-electron chi connectivity index (χ4n) is 1.41. The summed E-state index contributed by atoms with van der Waals surface area (Å²) in [5.74, 6) is -0.392. The first-order valence-corrected chi connectivity index (χ1v) is 5.59. The van der Waals surface area contributed by atoms with Gasteiger partial charge in [0.2, 0.25) is 12.2 Å². The molecule has 0 spiro atoms. The highest BCUT2D eigenvalue weighted by atomic mass is 16.6.